The highest BCUT2D eigenvalue weighted by Gasteiger charge is 2.19. The first-order valence-electron chi connectivity index (χ1n) is 5.46. The van der Waals surface area contributed by atoms with Crippen molar-refractivity contribution in [1.29, 1.82) is 0 Å². The van der Waals surface area contributed by atoms with Crippen LogP contribution in [0.4, 0.5) is 5.69 Å². The van der Waals surface area contributed by atoms with Crippen LogP contribution in [0.5, 0.6) is 0 Å². The van der Waals surface area contributed by atoms with E-state index in [2.05, 4.69) is 5.10 Å². The summed E-state index contributed by atoms with van der Waals surface area (Å²) in [5.74, 6) is -1.06. The lowest BCUT2D eigenvalue weighted by Gasteiger charge is -2.04. The fourth-order valence-electron chi connectivity index (χ4n) is 1.94. The highest BCUT2D eigenvalue weighted by atomic mass is 16.6. The Morgan fingerprint density at radius 1 is 1.42 bits per heavy atom. The van der Waals surface area contributed by atoms with E-state index in [1.165, 1.54) is 22.9 Å². The first kappa shape index (κ1) is 12.7. The molecule has 0 spiro atoms. The highest BCUT2D eigenvalue weighted by Crippen LogP contribution is 2.21. The van der Waals surface area contributed by atoms with Crippen LogP contribution in [0.3, 0.4) is 0 Å². The Kier molecular flexibility index (Phi) is 3.04. The topological polar surface area (TPSA) is 98.3 Å². The highest BCUT2D eigenvalue weighted by molar-refractivity contribution is 5.90. The molecule has 0 aliphatic rings. The molecule has 0 saturated carbocycles. The molecule has 0 unspecified atom stereocenters. The number of nitrogens with zero attached hydrogens (tertiary/aromatic N) is 3. The van der Waals surface area contributed by atoms with Gasteiger partial charge in [0, 0.05) is 12.1 Å². The van der Waals surface area contributed by atoms with Crippen molar-refractivity contribution < 1.29 is 14.8 Å². The zero-order chi connectivity index (χ0) is 14.2. The molecule has 1 heterocycles. The number of rotatable bonds is 3. The van der Waals surface area contributed by atoms with E-state index in [-0.39, 0.29) is 11.3 Å². The first-order valence-corrected chi connectivity index (χ1v) is 5.46. The molecular weight excluding hydrogens is 250 g/mol. The number of aryl methyl sites for hydroxylation is 1. The number of non-ortho nitro benzene ring substituents is 1. The van der Waals surface area contributed by atoms with Gasteiger partial charge in [-0.05, 0) is 19.9 Å². The van der Waals surface area contributed by atoms with Gasteiger partial charge in [-0.15, -0.1) is 0 Å². The van der Waals surface area contributed by atoms with E-state index >= 15 is 0 Å². The second-order valence-electron chi connectivity index (χ2n) is 4.04. The Balaban J connectivity index is 2.60. The quantitative estimate of drug-likeness (QED) is 0.673. The van der Waals surface area contributed by atoms with Crippen LogP contribution in [0.2, 0.25) is 0 Å². The lowest BCUT2D eigenvalue weighted by atomic mass is 10.2. The van der Waals surface area contributed by atoms with Gasteiger partial charge in [-0.1, -0.05) is 6.07 Å². The fourth-order valence-corrected chi connectivity index (χ4v) is 1.94. The Labute approximate surface area is 108 Å². The minimum absolute atomic E-state index is 0.0677. The third-order valence-electron chi connectivity index (χ3n) is 2.79. The predicted octanol–water partition coefficient (Wildman–Crippen LogP) is 2.10. The summed E-state index contributed by atoms with van der Waals surface area (Å²) >= 11 is 0. The Bertz CT molecular complexity index is 676. The average molecular weight is 261 g/mol. The van der Waals surface area contributed by atoms with Crippen molar-refractivity contribution in [3.63, 3.8) is 0 Å². The predicted molar refractivity (Wildman–Crippen MR) is 66.7 cm³/mol. The van der Waals surface area contributed by atoms with E-state index in [1.54, 1.807) is 19.9 Å². The lowest BCUT2D eigenvalue weighted by molar-refractivity contribution is -0.384. The minimum atomic E-state index is -1.06. The zero-order valence-corrected chi connectivity index (χ0v) is 10.3. The maximum atomic E-state index is 11.1. The summed E-state index contributed by atoms with van der Waals surface area (Å²) in [6.07, 6.45) is 0. The number of hydrogen-bond acceptors (Lipinski definition) is 4. The van der Waals surface area contributed by atoms with Crippen molar-refractivity contribution in [2.24, 2.45) is 0 Å². The maximum Gasteiger partial charge on any atom is 0.339 e. The van der Waals surface area contributed by atoms with Gasteiger partial charge in [0.1, 0.15) is 5.56 Å². The summed E-state index contributed by atoms with van der Waals surface area (Å²) in [6.45, 7) is 3.20. The third kappa shape index (κ3) is 2.17. The van der Waals surface area contributed by atoms with Gasteiger partial charge in [-0.3, -0.25) is 10.1 Å². The molecule has 0 fully saturated rings. The standard InChI is InChI=1S/C12H11N3O4/c1-7-11(12(16)17)8(2)14(13-7)9-4-3-5-10(6-9)15(18)19/h3-6H,1-2H3,(H,16,17). The van der Waals surface area contributed by atoms with Crippen molar-refractivity contribution in [3.05, 3.63) is 51.3 Å². The molecule has 7 heteroatoms. The molecule has 0 radical (unpaired) electrons. The summed E-state index contributed by atoms with van der Waals surface area (Å²) in [4.78, 5) is 21.3. The monoisotopic (exact) mass is 261 g/mol. The van der Waals surface area contributed by atoms with E-state index < -0.39 is 10.9 Å². The molecular formula is C12H11N3O4. The first-order chi connectivity index (χ1) is 8.91. The summed E-state index contributed by atoms with van der Waals surface area (Å²) in [5, 5.41) is 23.9. The SMILES string of the molecule is Cc1nn(-c2cccc([N+](=O)[O-])c2)c(C)c1C(=O)O. The molecule has 19 heavy (non-hydrogen) atoms. The largest absolute Gasteiger partial charge is 0.478 e. The van der Waals surface area contributed by atoms with E-state index in [0.29, 0.717) is 17.1 Å². The van der Waals surface area contributed by atoms with E-state index in [9.17, 15) is 14.9 Å². The molecule has 1 aromatic carbocycles. The van der Waals surface area contributed by atoms with Gasteiger partial charge in [0.2, 0.25) is 0 Å². The van der Waals surface area contributed by atoms with Gasteiger partial charge >= 0.3 is 5.97 Å². The van der Waals surface area contributed by atoms with Crippen LogP contribution < -0.4 is 0 Å². The molecule has 98 valence electrons. The van der Waals surface area contributed by atoms with Crippen molar-refractivity contribution >= 4 is 11.7 Å². The zero-order valence-electron chi connectivity index (χ0n) is 10.3. The minimum Gasteiger partial charge on any atom is -0.478 e. The van der Waals surface area contributed by atoms with Crippen molar-refractivity contribution in [2.45, 2.75) is 13.8 Å². The van der Waals surface area contributed by atoms with Crippen molar-refractivity contribution in [3.8, 4) is 5.69 Å². The molecule has 0 amide bonds. The van der Waals surface area contributed by atoms with Crippen LogP contribution in [-0.4, -0.2) is 25.8 Å². The maximum absolute atomic E-state index is 11.1. The molecule has 1 aromatic heterocycles. The molecule has 0 aliphatic heterocycles. The van der Waals surface area contributed by atoms with Gasteiger partial charge in [-0.2, -0.15) is 5.10 Å². The summed E-state index contributed by atoms with van der Waals surface area (Å²) in [6, 6.07) is 5.89. The van der Waals surface area contributed by atoms with Crippen LogP contribution in [0.1, 0.15) is 21.7 Å². The third-order valence-corrected chi connectivity index (χ3v) is 2.79. The number of benzene rings is 1. The van der Waals surface area contributed by atoms with E-state index in [1.807, 2.05) is 0 Å². The van der Waals surface area contributed by atoms with Crippen molar-refractivity contribution in [2.75, 3.05) is 0 Å². The number of aromatic nitrogens is 2. The molecule has 0 atom stereocenters. The van der Waals surface area contributed by atoms with Crippen LogP contribution in [0.15, 0.2) is 24.3 Å². The second kappa shape index (κ2) is 4.52. The Hall–Kier alpha value is -2.70. The van der Waals surface area contributed by atoms with Crippen LogP contribution in [-0.2, 0) is 0 Å². The van der Waals surface area contributed by atoms with Gasteiger partial charge in [0.15, 0.2) is 0 Å². The summed E-state index contributed by atoms with van der Waals surface area (Å²) in [7, 11) is 0. The summed E-state index contributed by atoms with van der Waals surface area (Å²) in [5.41, 5.74) is 1.32. The summed E-state index contributed by atoms with van der Waals surface area (Å²) < 4.78 is 1.39. The lowest BCUT2D eigenvalue weighted by Crippen LogP contribution is -2.03. The van der Waals surface area contributed by atoms with Crippen LogP contribution >= 0.6 is 0 Å². The second-order valence-corrected chi connectivity index (χ2v) is 4.04. The van der Waals surface area contributed by atoms with Gasteiger partial charge in [0.05, 0.1) is 22.0 Å². The molecule has 0 bridgehead atoms. The number of nitro groups is 1. The number of carboxylic acids is 1. The number of hydrogen-bond donors (Lipinski definition) is 1. The van der Waals surface area contributed by atoms with Gasteiger partial charge in [-0.25, -0.2) is 9.48 Å². The number of carbonyl (C=O) groups is 1. The van der Waals surface area contributed by atoms with Gasteiger partial charge < -0.3 is 5.11 Å². The van der Waals surface area contributed by atoms with Crippen LogP contribution in [0, 0.1) is 24.0 Å². The molecule has 7 nitrogen and oxygen atoms in total. The fraction of sp³-hybridized carbons (Fsp3) is 0.167. The number of aromatic carboxylic acids is 1. The molecule has 1 N–H and O–H groups in total. The van der Waals surface area contributed by atoms with Crippen molar-refractivity contribution in [1.82, 2.24) is 9.78 Å². The molecule has 2 rings (SSSR count). The number of carboxylic acid groups (broad SMARTS) is 1. The average Bonchev–Trinajstić information content (AvgIpc) is 2.65. The van der Waals surface area contributed by atoms with E-state index in [4.69, 9.17) is 5.11 Å². The molecule has 0 aliphatic carbocycles. The van der Waals surface area contributed by atoms with E-state index in [0.717, 1.165) is 0 Å². The molecule has 0 saturated heterocycles. The number of nitro benzene ring substituents is 1. The normalized spacial score (nSPS) is 10.4. The Morgan fingerprint density at radius 3 is 2.63 bits per heavy atom. The molecule has 2 aromatic rings. The smallest absolute Gasteiger partial charge is 0.339 e. The van der Waals surface area contributed by atoms with Crippen LogP contribution in [0.25, 0.3) is 5.69 Å². The van der Waals surface area contributed by atoms with Gasteiger partial charge in [0.25, 0.3) is 5.69 Å². The Morgan fingerprint density at radius 2 is 2.11 bits per heavy atom.